The molecule has 3 N–H and O–H groups in total. The first-order valence-electron chi connectivity index (χ1n) is 9.40. The molecule has 1 aromatic carbocycles. The molecule has 0 radical (unpaired) electrons. The van der Waals surface area contributed by atoms with Gasteiger partial charge in [-0.1, -0.05) is 18.2 Å². The first-order valence-corrected chi connectivity index (χ1v) is 9.40. The van der Waals surface area contributed by atoms with Crippen molar-refractivity contribution in [1.29, 1.82) is 0 Å². The molecule has 0 bridgehead atoms. The Balaban J connectivity index is 1.54. The lowest BCUT2D eigenvalue weighted by Gasteiger charge is -2.31. The maximum atomic E-state index is 12.7. The average molecular weight is 383 g/mol. The van der Waals surface area contributed by atoms with Crippen molar-refractivity contribution >= 4 is 23.4 Å². The highest BCUT2D eigenvalue weighted by atomic mass is 16.2. The van der Waals surface area contributed by atoms with Crippen molar-refractivity contribution in [1.82, 2.24) is 20.6 Å². The van der Waals surface area contributed by atoms with Gasteiger partial charge in [0.15, 0.2) is 5.69 Å². The molecule has 28 heavy (non-hydrogen) atoms. The van der Waals surface area contributed by atoms with E-state index in [-0.39, 0.29) is 35.2 Å². The number of benzene rings is 1. The molecule has 1 saturated carbocycles. The van der Waals surface area contributed by atoms with Crippen LogP contribution in [0.3, 0.4) is 0 Å². The van der Waals surface area contributed by atoms with Crippen molar-refractivity contribution in [2.24, 2.45) is 5.92 Å². The molecule has 8 nitrogen and oxygen atoms in total. The Morgan fingerprint density at radius 1 is 1.07 bits per heavy atom. The number of aromatic amines is 1. The summed E-state index contributed by atoms with van der Waals surface area (Å²) < 4.78 is 0. The van der Waals surface area contributed by atoms with Crippen LogP contribution in [0.25, 0.3) is 0 Å². The largest absolute Gasteiger partial charge is 0.354 e. The second kappa shape index (κ2) is 8.69. The van der Waals surface area contributed by atoms with Gasteiger partial charge >= 0.3 is 0 Å². The summed E-state index contributed by atoms with van der Waals surface area (Å²) in [5.74, 6) is -0.713. The van der Waals surface area contributed by atoms with E-state index in [1.807, 2.05) is 30.3 Å². The summed E-state index contributed by atoms with van der Waals surface area (Å²) in [4.78, 5) is 45.3. The second-order valence-electron chi connectivity index (χ2n) is 6.96. The van der Waals surface area contributed by atoms with Crippen LogP contribution in [0.15, 0.2) is 36.7 Å². The van der Waals surface area contributed by atoms with Gasteiger partial charge in [0, 0.05) is 31.7 Å². The lowest BCUT2D eigenvalue weighted by molar-refractivity contribution is -0.123. The van der Waals surface area contributed by atoms with Crippen LogP contribution in [0, 0.1) is 5.92 Å². The molecule has 1 aliphatic rings. The van der Waals surface area contributed by atoms with Crippen LogP contribution >= 0.6 is 0 Å². The van der Waals surface area contributed by atoms with Crippen LogP contribution in [0.5, 0.6) is 0 Å². The van der Waals surface area contributed by atoms with E-state index in [2.05, 4.69) is 20.6 Å². The highest BCUT2D eigenvalue weighted by Crippen LogP contribution is 2.27. The predicted molar refractivity (Wildman–Crippen MR) is 105 cm³/mol. The van der Waals surface area contributed by atoms with Crippen molar-refractivity contribution in [2.45, 2.75) is 31.7 Å². The summed E-state index contributed by atoms with van der Waals surface area (Å²) in [5, 5.41) is 5.41. The van der Waals surface area contributed by atoms with Crippen molar-refractivity contribution in [3.05, 3.63) is 48.0 Å². The van der Waals surface area contributed by atoms with E-state index in [0.29, 0.717) is 25.7 Å². The molecule has 0 saturated heterocycles. The fourth-order valence-corrected chi connectivity index (χ4v) is 3.55. The monoisotopic (exact) mass is 383 g/mol. The first kappa shape index (κ1) is 19.6. The zero-order valence-corrected chi connectivity index (χ0v) is 16.1. The molecule has 0 atom stereocenters. The molecule has 8 heteroatoms. The molecule has 0 unspecified atom stereocenters. The number of aromatic nitrogens is 2. The van der Waals surface area contributed by atoms with Crippen molar-refractivity contribution < 1.29 is 14.4 Å². The van der Waals surface area contributed by atoms with Crippen molar-refractivity contribution in [3.8, 4) is 0 Å². The number of amides is 3. The summed E-state index contributed by atoms with van der Waals surface area (Å²) in [6.45, 7) is 0. The molecule has 148 valence electrons. The summed E-state index contributed by atoms with van der Waals surface area (Å²) in [6, 6.07) is 9.54. The summed E-state index contributed by atoms with van der Waals surface area (Å²) >= 11 is 0. The van der Waals surface area contributed by atoms with E-state index in [1.165, 1.54) is 13.4 Å². The summed E-state index contributed by atoms with van der Waals surface area (Å²) in [5.41, 5.74) is 1.11. The number of carbonyl (C=O) groups excluding carboxylic acids is 3. The quantitative estimate of drug-likeness (QED) is 0.731. The van der Waals surface area contributed by atoms with E-state index in [4.69, 9.17) is 0 Å². The SMILES string of the molecule is CNC(=O)c1nc[nH]c1C(=O)N[C@H]1CC[C@H](C(=O)N(C)c2ccccc2)CC1. The van der Waals surface area contributed by atoms with Crippen LogP contribution in [0.2, 0.25) is 0 Å². The highest BCUT2D eigenvalue weighted by molar-refractivity contribution is 6.04. The van der Waals surface area contributed by atoms with Crippen LogP contribution in [0.1, 0.15) is 46.7 Å². The minimum absolute atomic E-state index is 0.0283. The van der Waals surface area contributed by atoms with E-state index in [0.717, 1.165) is 5.69 Å². The Morgan fingerprint density at radius 2 is 1.75 bits per heavy atom. The molecule has 1 aromatic heterocycles. The fourth-order valence-electron chi connectivity index (χ4n) is 3.55. The maximum Gasteiger partial charge on any atom is 0.272 e. The number of para-hydroxylation sites is 1. The lowest BCUT2D eigenvalue weighted by atomic mass is 9.85. The van der Waals surface area contributed by atoms with Gasteiger partial charge in [-0.3, -0.25) is 14.4 Å². The Hall–Kier alpha value is -3.16. The molecule has 0 aliphatic heterocycles. The van der Waals surface area contributed by atoms with E-state index >= 15 is 0 Å². The first-order chi connectivity index (χ1) is 13.5. The third kappa shape index (κ3) is 4.21. The zero-order valence-electron chi connectivity index (χ0n) is 16.1. The molecule has 3 amide bonds. The van der Waals surface area contributed by atoms with E-state index < -0.39 is 5.91 Å². The molecule has 0 spiro atoms. The number of rotatable bonds is 5. The van der Waals surface area contributed by atoms with Crippen LogP contribution in [-0.4, -0.2) is 47.8 Å². The summed E-state index contributed by atoms with van der Waals surface area (Å²) in [7, 11) is 3.29. The van der Waals surface area contributed by atoms with Gasteiger partial charge in [-0.25, -0.2) is 4.98 Å². The van der Waals surface area contributed by atoms with Gasteiger partial charge in [0.05, 0.1) is 6.33 Å². The number of anilines is 1. The topological polar surface area (TPSA) is 107 Å². The van der Waals surface area contributed by atoms with Gasteiger partial charge in [-0.2, -0.15) is 0 Å². The molecular weight excluding hydrogens is 358 g/mol. The standard InChI is InChI=1S/C20H25N5O3/c1-21-18(26)16-17(23-12-22-16)19(27)24-14-10-8-13(9-11-14)20(28)25(2)15-6-4-3-5-7-15/h3-7,12-14H,8-11H2,1-2H3,(H,21,26)(H,22,23)(H,24,27)/t13-,14-. The predicted octanol–water partition coefficient (Wildman–Crippen LogP) is 1.72. The van der Waals surface area contributed by atoms with Crippen LogP contribution < -0.4 is 15.5 Å². The number of hydrogen-bond donors (Lipinski definition) is 3. The third-order valence-corrected chi connectivity index (χ3v) is 5.19. The zero-order chi connectivity index (χ0) is 20.1. The van der Waals surface area contributed by atoms with Gasteiger partial charge in [-0.15, -0.1) is 0 Å². The Bertz CT molecular complexity index is 841. The Kier molecular flexibility index (Phi) is 6.08. The van der Waals surface area contributed by atoms with E-state index in [1.54, 1.807) is 11.9 Å². The molecule has 3 rings (SSSR count). The Labute approximate surface area is 163 Å². The number of nitrogens with zero attached hydrogens (tertiary/aromatic N) is 2. The molecule has 1 fully saturated rings. The molecule has 1 heterocycles. The van der Waals surface area contributed by atoms with Gasteiger partial charge in [0.2, 0.25) is 5.91 Å². The maximum absolute atomic E-state index is 12.7. The number of carbonyl (C=O) groups is 3. The molecule has 2 aromatic rings. The van der Waals surface area contributed by atoms with Gasteiger partial charge in [-0.05, 0) is 37.8 Å². The van der Waals surface area contributed by atoms with Gasteiger partial charge in [0.1, 0.15) is 5.69 Å². The Morgan fingerprint density at radius 3 is 2.39 bits per heavy atom. The van der Waals surface area contributed by atoms with E-state index in [9.17, 15) is 14.4 Å². The van der Waals surface area contributed by atoms with Crippen LogP contribution in [-0.2, 0) is 4.79 Å². The van der Waals surface area contributed by atoms with Crippen molar-refractivity contribution in [2.75, 3.05) is 19.0 Å². The normalized spacial score (nSPS) is 18.9. The highest BCUT2D eigenvalue weighted by Gasteiger charge is 2.30. The number of H-pyrrole nitrogens is 1. The lowest BCUT2D eigenvalue weighted by Crippen LogP contribution is -2.42. The third-order valence-electron chi connectivity index (χ3n) is 5.19. The van der Waals surface area contributed by atoms with Crippen LogP contribution in [0.4, 0.5) is 5.69 Å². The number of imidazole rings is 1. The average Bonchev–Trinajstić information content (AvgIpc) is 3.23. The molecule has 1 aliphatic carbocycles. The van der Waals surface area contributed by atoms with Crippen molar-refractivity contribution in [3.63, 3.8) is 0 Å². The molecular formula is C20H25N5O3. The smallest absolute Gasteiger partial charge is 0.272 e. The number of nitrogens with one attached hydrogen (secondary N) is 3. The van der Waals surface area contributed by atoms with Gasteiger partial charge < -0.3 is 20.5 Å². The minimum atomic E-state index is -0.412. The van der Waals surface area contributed by atoms with Gasteiger partial charge in [0.25, 0.3) is 11.8 Å². The minimum Gasteiger partial charge on any atom is -0.354 e. The second-order valence-corrected chi connectivity index (χ2v) is 6.96. The number of hydrogen-bond acceptors (Lipinski definition) is 4. The fraction of sp³-hybridized carbons (Fsp3) is 0.400. The summed E-state index contributed by atoms with van der Waals surface area (Å²) in [6.07, 6.45) is 4.19.